The minimum atomic E-state index is -0.783. The summed E-state index contributed by atoms with van der Waals surface area (Å²) in [5.41, 5.74) is 6.64. The lowest BCUT2D eigenvalue weighted by Gasteiger charge is -2.11. The summed E-state index contributed by atoms with van der Waals surface area (Å²) >= 11 is 3.20. The van der Waals surface area contributed by atoms with Crippen LogP contribution in [0.15, 0.2) is 29.0 Å². The fourth-order valence-electron chi connectivity index (χ4n) is 2.08. The van der Waals surface area contributed by atoms with Crippen molar-refractivity contribution in [1.82, 2.24) is 9.78 Å². The number of rotatable bonds is 6. The summed E-state index contributed by atoms with van der Waals surface area (Å²) in [5, 5.41) is 7.15. The zero-order chi connectivity index (χ0) is 15.4. The molecule has 3 N–H and O–H groups in total. The van der Waals surface area contributed by atoms with Gasteiger partial charge in [0, 0.05) is 24.3 Å². The van der Waals surface area contributed by atoms with Crippen molar-refractivity contribution < 1.29 is 9.18 Å². The van der Waals surface area contributed by atoms with Gasteiger partial charge in [0.15, 0.2) is 0 Å². The van der Waals surface area contributed by atoms with Crippen molar-refractivity contribution in [3.63, 3.8) is 0 Å². The Hall–Kier alpha value is -1.89. The quantitative estimate of drug-likeness (QED) is 0.782. The topological polar surface area (TPSA) is 72.9 Å². The first-order valence-corrected chi connectivity index (χ1v) is 7.27. The number of hydrogen-bond donors (Lipinski definition) is 2. The largest absolute Gasteiger partial charge is 0.384 e. The van der Waals surface area contributed by atoms with Crippen LogP contribution in [0.1, 0.15) is 22.3 Å². The van der Waals surface area contributed by atoms with Crippen molar-refractivity contribution in [3.05, 3.63) is 45.9 Å². The summed E-state index contributed by atoms with van der Waals surface area (Å²) in [6, 6.07) is 2.87. The van der Waals surface area contributed by atoms with Crippen LogP contribution in [0.3, 0.4) is 0 Å². The first kappa shape index (κ1) is 15.5. The van der Waals surface area contributed by atoms with Crippen molar-refractivity contribution in [2.24, 2.45) is 12.8 Å². The molecule has 0 saturated heterocycles. The van der Waals surface area contributed by atoms with Gasteiger partial charge in [-0.05, 0) is 30.5 Å². The maximum atomic E-state index is 13.8. The number of aromatic nitrogens is 2. The number of halogens is 2. The van der Waals surface area contributed by atoms with E-state index < -0.39 is 11.7 Å². The highest BCUT2D eigenvalue weighted by Gasteiger charge is 2.15. The number of primary amides is 1. The Morgan fingerprint density at radius 3 is 2.90 bits per heavy atom. The predicted octanol–water partition coefficient (Wildman–Crippen LogP) is 2.47. The number of benzene rings is 1. The Morgan fingerprint density at radius 1 is 1.52 bits per heavy atom. The molecular weight excluding hydrogens is 339 g/mol. The molecule has 1 aromatic carbocycles. The molecular formula is C14H16BrFN4O. The molecule has 2 aromatic rings. The van der Waals surface area contributed by atoms with Crippen molar-refractivity contribution in [2.45, 2.75) is 12.8 Å². The van der Waals surface area contributed by atoms with E-state index in [1.54, 1.807) is 10.7 Å². The third-order valence-corrected chi connectivity index (χ3v) is 3.48. The molecule has 0 unspecified atom stereocenters. The first-order valence-electron chi connectivity index (χ1n) is 6.47. The van der Waals surface area contributed by atoms with E-state index in [1.165, 1.54) is 6.07 Å². The van der Waals surface area contributed by atoms with Gasteiger partial charge in [0.25, 0.3) is 5.91 Å². The summed E-state index contributed by atoms with van der Waals surface area (Å²) < 4.78 is 16.1. The maximum Gasteiger partial charge on any atom is 0.253 e. The molecule has 0 atom stereocenters. The number of anilines is 1. The minimum absolute atomic E-state index is 0.112. The van der Waals surface area contributed by atoms with E-state index >= 15 is 0 Å². The summed E-state index contributed by atoms with van der Waals surface area (Å²) in [6.07, 6.45) is 5.45. The van der Waals surface area contributed by atoms with Gasteiger partial charge >= 0.3 is 0 Å². The van der Waals surface area contributed by atoms with Crippen LogP contribution in [0, 0.1) is 5.82 Å². The number of carbonyl (C=O) groups excluding carboxylic acids is 1. The van der Waals surface area contributed by atoms with Gasteiger partial charge in [0.1, 0.15) is 5.82 Å². The van der Waals surface area contributed by atoms with Crippen LogP contribution in [-0.2, 0) is 13.5 Å². The lowest BCUT2D eigenvalue weighted by Crippen LogP contribution is -2.17. The van der Waals surface area contributed by atoms with Crippen LogP contribution in [0.4, 0.5) is 10.1 Å². The van der Waals surface area contributed by atoms with Gasteiger partial charge in [0.05, 0.1) is 17.4 Å². The number of hydrogen-bond acceptors (Lipinski definition) is 3. The van der Waals surface area contributed by atoms with Gasteiger partial charge in [-0.1, -0.05) is 15.9 Å². The normalized spacial score (nSPS) is 10.6. The number of nitrogens with two attached hydrogens (primary N) is 1. The molecule has 7 heteroatoms. The van der Waals surface area contributed by atoms with Crippen LogP contribution in [0.5, 0.6) is 0 Å². The Morgan fingerprint density at radius 2 is 2.29 bits per heavy atom. The second-order valence-corrected chi connectivity index (χ2v) is 5.64. The number of nitrogens with one attached hydrogen (secondary N) is 1. The summed E-state index contributed by atoms with van der Waals surface area (Å²) in [6.45, 7) is 0.602. The highest BCUT2D eigenvalue weighted by Crippen LogP contribution is 2.24. The summed E-state index contributed by atoms with van der Waals surface area (Å²) in [4.78, 5) is 11.3. The average molecular weight is 355 g/mol. The van der Waals surface area contributed by atoms with E-state index in [4.69, 9.17) is 5.73 Å². The standard InChI is InChI=1S/C14H16BrFN4O/c1-20-8-9(7-19-20)3-2-4-18-12-6-10(15)5-11(16)13(12)14(17)21/h5-8,18H,2-4H2,1H3,(H2,17,21). The van der Waals surface area contributed by atoms with E-state index in [1.807, 2.05) is 19.4 Å². The second kappa shape index (κ2) is 6.71. The lowest BCUT2D eigenvalue weighted by atomic mass is 10.1. The van der Waals surface area contributed by atoms with Crippen molar-refractivity contribution in [3.8, 4) is 0 Å². The van der Waals surface area contributed by atoms with E-state index in [2.05, 4.69) is 26.3 Å². The van der Waals surface area contributed by atoms with Crippen molar-refractivity contribution in [1.29, 1.82) is 0 Å². The van der Waals surface area contributed by atoms with E-state index in [9.17, 15) is 9.18 Å². The molecule has 0 aliphatic heterocycles. The van der Waals surface area contributed by atoms with Gasteiger partial charge in [-0.15, -0.1) is 0 Å². The fraction of sp³-hybridized carbons (Fsp3) is 0.286. The highest BCUT2D eigenvalue weighted by atomic mass is 79.9. The summed E-state index contributed by atoms with van der Waals surface area (Å²) in [7, 11) is 1.87. The van der Waals surface area contributed by atoms with E-state index in [-0.39, 0.29) is 5.56 Å². The number of amides is 1. The highest BCUT2D eigenvalue weighted by molar-refractivity contribution is 9.10. The molecule has 21 heavy (non-hydrogen) atoms. The van der Waals surface area contributed by atoms with Crippen LogP contribution >= 0.6 is 15.9 Å². The van der Waals surface area contributed by atoms with E-state index in [0.717, 1.165) is 18.4 Å². The van der Waals surface area contributed by atoms with Gasteiger partial charge in [-0.25, -0.2) is 4.39 Å². The Labute approximate surface area is 130 Å². The SMILES string of the molecule is Cn1cc(CCCNc2cc(Br)cc(F)c2C(N)=O)cn1. The number of nitrogens with zero attached hydrogens (tertiary/aromatic N) is 2. The van der Waals surface area contributed by atoms with Gasteiger partial charge in [0.2, 0.25) is 0 Å². The molecule has 1 aromatic heterocycles. The molecule has 0 bridgehead atoms. The summed E-state index contributed by atoms with van der Waals surface area (Å²) in [5.74, 6) is -1.42. The zero-order valence-electron chi connectivity index (χ0n) is 11.6. The molecule has 1 amide bonds. The van der Waals surface area contributed by atoms with Crippen LogP contribution in [-0.4, -0.2) is 22.2 Å². The predicted molar refractivity (Wildman–Crippen MR) is 82.6 cm³/mol. The molecule has 2 rings (SSSR count). The minimum Gasteiger partial charge on any atom is -0.384 e. The number of carbonyl (C=O) groups is 1. The Kier molecular flexibility index (Phi) is 4.95. The maximum absolute atomic E-state index is 13.8. The smallest absolute Gasteiger partial charge is 0.253 e. The Balaban J connectivity index is 1.98. The molecule has 0 fully saturated rings. The molecule has 0 radical (unpaired) electrons. The molecule has 0 spiro atoms. The molecule has 112 valence electrons. The van der Waals surface area contributed by atoms with Crippen molar-refractivity contribution in [2.75, 3.05) is 11.9 Å². The van der Waals surface area contributed by atoms with Gasteiger partial charge in [-0.3, -0.25) is 9.48 Å². The molecule has 0 aliphatic carbocycles. The number of aryl methyl sites for hydroxylation is 2. The van der Waals surface area contributed by atoms with Crippen LogP contribution < -0.4 is 11.1 Å². The molecule has 0 saturated carbocycles. The monoisotopic (exact) mass is 354 g/mol. The van der Waals surface area contributed by atoms with E-state index in [0.29, 0.717) is 16.7 Å². The molecule has 0 aliphatic rings. The zero-order valence-corrected chi connectivity index (χ0v) is 13.2. The third-order valence-electron chi connectivity index (χ3n) is 3.02. The van der Waals surface area contributed by atoms with Gasteiger partial charge in [-0.2, -0.15) is 5.10 Å². The Bertz CT molecular complexity index is 656. The first-order chi connectivity index (χ1) is 9.97. The lowest BCUT2D eigenvalue weighted by molar-refractivity contribution is 0.0997. The third kappa shape index (κ3) is 4.04. The molecule has 1 heterocycles. The van der Waals surface area contributed by atoms with Gasteiger partial charge < -0.3 is 11.1 Å². The molecule has 5 nitrogen and oxygen atoms in total. The fourth-order valence-corrected chi connectivity index (χ4v) is 2.51. The van der Waals surface area contributed by atoms with Crippen LogP contribution in [0.2, 0.25) is 0 Å². The average Bonchev–Trinajstić information content (AvgIpc) is 2.79. The van der Waals surface area contributed by atoms with Crippen molar-refractivity contribution >= 4 is 27.5 Å². The second-order valence-electron chi connectivity index (χ2n) is 4.73. The van der Waals surface area contributed by atoms with Crippen LogP contribution in [0.25, 0.3) is 0 Å².